The Hall–Kier alpha value is -1.98. The Labute approximate surface area is 118 Å². The third-order valence-electron chi connectivity index (χ3n) is 3.37. The van der Waals surface area contributed by atoms with Crippen LogP contribution in [0.4, 0.5) is 10.1 Å². The van der Waals surface area contributed by atoms with Crippen LogP contribution in [-0.2, 0) is 0 Å². The second-order valence-electron chi connectivity index (χ2n) is 5.60. The molecule has 0 radical (unpaired) electrons. The predicted octanol–water partition coefficient (Wildman–Crippen LogP) is 2.98. The van der Waals surface area contributed by atoms with Crippen molar-refractivity contribution in [3.05, 3.63) is 23.5 Å². The van der Waals surface area contributed by atoms with Gasteiger partial charge in [0.2, 0.25) is 0 Å². The molecule has 5 nitrogen and oxygen atoms in total. The van der Waals surface area contributed by atoms with E-state index in [4.69, 9.17) is 5.73 Å². The molecule has 0 amide bonds. The van der Waals surface area contributed by atoms with Crippen molar-refractivity contribution in [1.29, 1.82) is 0 Å². The lowest BCUT2D eigenvalue weighted by molar-refractivity contribution is 0.394. The molecule has 1 aromatic heterocycles. The normalized spacial score (nSPS) is 12.9. The van der Waals surface area contributed by atoms with E-state index in [0.29, 0.717) is 28.6 Å². The van der Waals surface area contributed by atoms with Gasteiger partial charge in [-0.05, 0) is 48.7 Å². The number of halogens is 1. The molecule has 0 bridgehead atoms. The summed E-state index contributed by atoms with van der Waals surface area (Å²) < 4.78 is 15.5. The van der Waals surface area contributed by atoms with Crippen LogP contribution in [0.5, 0.6) is 0 Å². The Balaban J connectivity index is 2.42. The Morgan fingerprint density at radius 2 is 2.00 bits per heavy atom. The molecule has 0 aliphatic heterocycles. The highest BCUT2D eigenvalue weighted by Gasteiger charge is 2.17. The number of aromatic nitrogens is 4. The largest absolute Gasteiger partial charge is 0.398 e. The van der Waals surface area contributed by atoms with Gasteiger partial charge in [-0.3, -0.25) is 0 Å². The molecule has 0 spiro atoms. The summed E-state index contributed by atoms with van der Waals surface area (Å²) in [6.45, 7) is 7.99. The maximum Gasteiger partial charge on any atom is 0.182 e. The summed E-state index contributed by atoms with van der Waals surface area (Å²) in [5.41, 5.74) is 7.28. The SMILES string of the molecule is Cc1c(N)cc(-c2nnnn2C(C)CC(C)C)cc1F. The van der Waals surface area contributed by atoms with Crippen molar-refractivity contribution in [2.45, 2.75) is 40.2 Å². The minimum Gasteiger partial charge on any atom is -0.398 e. The van der Waals surface area contributed by atoms with Gasteiger partial charge in [0.05, 0.1) is 6.04 Å². The van der Waals surface area contributed by atoms with Crippen LogP contribution in [0.15, 0.2) is 12.1 Å². The summed E-state index contributed by atoms with van der Waals surface area (Å²) in [5, 5.41) is 11.7. The molecule has 0 aliphatic carbocycles. The van der Waals surface area contributed by atoms with E-state index >= 15 is 0 Å². The quantitative estimate of drug-likeness (QED) is 0.872. The summed E-state index contributed by atoms with van der Waals surface area (Å²) in [7, 11) is 0. The third-order valence-corrected chi connectivity index (χ3v) is 3.37. The maximum atomic E-state index is 13.8. The van der Waals surface area contributed by atoms with Gasteiger partial charge >= 0.3 is 0 Å². The first-order chi connectivity index (χ1) is 9.40. The van der Waals surface area contributed by atoms with Crippen molar-refractivity contribution >= 4 is 5.69 Å². The van der Waals surface area contributed by atoms with Gasteiger partial charge < -0.3 is 5.73 Å². The minimum atomic E-state index is -0.342. The molecule has 1 heterocycles. The predicted molar refractivity (Wildman–Crippen MR) is 76.5 cm³/mol. The zero-order chi connectivity index (χ0) is 14.9. The number of tetrazole rings is 1. The number of anilines is 1. The highest BCUT2D eigenvalue weighted by atomic mass is 19.1. The van der Waals surface area contributed by atoms with Gasteiger partial charge in [-0.25, -0.2) is 9.07 Å². The van der Waals surface area contributed by atoms with Crippen molar-refractivity contribution in [3.8, 4) is 11.4 Å². The number of hydrogen-bond acceptors (Lipinski definition) is 4. The van der Waals surface area contributed by atoms with Crippen LogP contribution in [0.25, 0.3) is 11.4 Å². The van der Waals surface area contributed by atoms with Gasteiger partial charge in [0, 0.05) is 16.8 Å². The first-order valence-electron chi connectivity index (χ1n) is 6.74. The zero-order valence-electron chi connectivity index (χ0n) is 12.3. The van der Waals surface area contributed by atoms with Crippen LogP contribution < -0.4 is 5.73 Å². The average Bonchev–Trinajstić information content (AvgIpc) is 2.83. The van der Waals surface area contributed by atoms with Gasteiger partial charge in [0.15, 0.2) is 5.82 Å². The van der Waals surface area contributed by atoms with Crippen LogP contribution in [0.3, 0.4) is 0 Å². The topological polar surface area (TPSA) is 69.6 Å². The molecule has 1 aromatic carbocycles. The fourth-order valence-corrected chi connectivity index (χ4v) is 2.29. The first-order valence-corrected chi connectivity index (χ1v) is 6.74. The fourth-order valence-electron chi connectivity index (χ4n) is 2.29. The Morgan fingerprint density at radius 1 is 1.30 bits per heavy atom. The summed E-state index contributed by atoms with van der Waals surface area (Å²) >= 11 is 0. The van der Waals surface area contributed by atoms with Crippen molar-refractivity contribution < 1.29 is 4.39 Å². The molecule has 2 rings (SSSR count). The molecule has 1 atom stereocenters. The Kier molecular flexibility index (Phi) is 4.01. The van der Waals surface area contributed by atoms with Gasteiger partial charge in [0.1, 0.15) is 5.82 Å². The van der Waals surface area contributed by atoms with Gasteiger partial charge in [-0.15, -0.1) is 5.10 Å². The monoisotopic (exact) mass is 277 g/mol. The van der Waals surface area contributed by atoms with E-state index in [2.05, 4.69) is 29.4 Å². The Bertz CT molecular complexity index is 582. The second-order valence-corrected chi connectivity index (χ2v) is 5.60. The van der Waals surface area contributed by atoms with E-state index in [1.165, 1.54) is 6.07 Å². The smallest absolute Gasteiger partial charge is 0.182 e. The van der Waals surface area contributed by atoms with Gasteiger partial charge in [-0.1, -0.05) is 13.8 Å². The van der Waals surface area contributed by atoms with Gasteiger partial charge in [0.25, 0.3) is 0 Å². The van der Waals surface area contributed by atoms with Crippen LogP contribution in [0.1, 0.15) is 38.8 Å². The molecule has 6 heteroatoms. The van der Waals surface area contributed by atoms with E-state index in [0.717, 1.165) is 6.42 Å². The Morgan fingerprint density at radius 3 is 2.60 bits per heavy atom. The lowest BCUT2D eigenvalue weighted by Gasteiger charge is -2.16. The first kappa shape index (κ1) is 14.4. The number of rotatable bonds is 4. The zero-order valence-corrected chi connectivity index (χ0v) is 12.3. The molecular weight excluding hydrogens is 257 g/mol. The molecule has 0 aliphatic rings. The molecule has 2 N–H and O–H groups in total. The fraction of sp³-hybridized carbons (Fsp3) is 0.500. The number of hydrogen-bond donors (Lipinski definition) is 1. The number of nitrogens with two attached hydrogens (primary N) is 1. The lowest BCUT2D eigenvalue weighted by Crippen LogP contribution is -2.11. The van der Waals surface area contributed by atoms with Crippen molar-refractivity contribution in [2.75, 3.05) is 5.73 Å². The number of benzene rings is 1. The lowest BCUT2D eigenvalue weighted by atomic mass is 10.0. The van der Waals surface area contributed by atoms with E-state index in [1.54, 1.807) is 17.7 Å². The molecule has 0 saturated heterocycles. The van der Waals surface area contributed by atoms with Crippen LogP contribution in [-0.4, -0.2) is 20.2 Å². The molecule has 0 saturated carbocycles. The van der Waals surface area contributed by atoms with Crippen LogP contribution in [0.2, 0.25) is 0 Å². The summed E-state index contributed by atoms with van der Waals surface area (Å²) in [6, 6.07) is 3.28. The third kappa shape index (κ3) is 2.79. The molecule has 108 valence electrons. The second kappa shape index (κ2) is 5.56. The molecule has 2 aromatic rings. The highest BCUT2D eigenvalue weighted by Crippen LogP contribution is 2.27. The molecular formula is C14H20FN5. The van der Waals surface area contributed by atoms with Crippen LogP contribution >= 0.6 is 0 Å². The number of nitrogen functional groups attached to an aromatic ring is 1. The molecule has 20 heavy (non-hydrogen) atoms. The van der Waals surface area contributed by atoms with Crippen molar-refractivity contribution in [1.82, 2.24) is 20.2 Å². The molecule has 0 fully saturated rings. The highest BCUT2D eigenvalue weighted by molar-refractivity contribution is 5.64. The summed E-state index contributed by atoms with van der Waals surface area (Å²) in [5.74, 6) is 0.733. The molecule has 1 unspecified atom stereocenters. The van der Waals surface area contributed by atoms with Gasteiger partial charge in [-0.2, -0.15) is 0 Å². The van der Waals surface area contributed by atoms with Crippen molar-refractivity contribution in [3.63, 3.8) is 0 Å². The average molecular weight is 277 g/mol. The van der Waals surface area contributed by atoms with Crippen LogP contribution in [0, 0.1) is 18.7 Å². The van der Waals surface area contributed by atoms with Crippen molar-refractivity contribution in [2.24, 2.45) is 5.92 Å². The van der Waals surface area contributed by atoms with E-state index in [-0.39, 0.29) is 11.9 Å². The maximum absolute atomic E-state index is 13.8. The summed E-state index contributed by atoms with van der Waals surface area (Å²) in [4.78, 5) is 0. The minimum absolute atomic E-state index is 0.144. The number of nitrogens with zero attached hydrogens (tertiary/aromatic N) is 4. The standard InChI is InChI=1S/C14H20FN5/c1-8(2)5-9(3)20-14(17-18-19-20)11-6-12(15)10(4)13(16)7-11/h6-9H,5,16H2,1-4H3. The van der Waals surface area contributed by atoms with E-state index < -0.39 is 0 Å². The van der Waals surface area contributed by atoms with E-state index in [9.17, 15) is 4.39 Å². The van der Waals surface area contributed by atoms with E-state index in [1.807, 2.05) is 6.92 Å². The summed E-state index contributed by atoms with van der Waals surface area (Å²) in [6.07, 6.45) is 0.946.